The van der Waals surface area contributed by atoms with Gasteiger partial charge in [0, 0.05) is 40.9 Å². The summed E-state index contributed by atoms with van der Waals surface area (Å²) in [6.07, 6.45) is 1.32. The third-order valence-electron chi connectivity index (χ3n) is 3.17. The van der Waals surface area contributed by atoms with E-state index in [1.807, 2.05) is 0 Å². The summed E-state index contributed by atoms with van der Waals surface area (Å²) in [6, 6.07) is 3.11. The van der Waals surface area contributed by atoms with E-state index in [2.05, 4.69) is 11.9 Å². The van der Waals surface area contributed by atoms with Gasteiger partial charge in [-0.2, -0.15) is 0 Å². The van der Waals surface area contributed by atoms with Crippen molar-refractivity contribution >= 4 is 18.0 Å². The number of nitrogens with two attached hydrogens (primary N) is 1. The van der Waals surface area contributed by atoms with Crippen LogP contribution in [0.4, 0.5) is 15.4 Å². The van der Waals surface area contributed by atoms with Crippen molar-refractivity contribution in [1.82, 2.24) is 19.7 Å². The Morgan fingerprint density at radius 1 is 1.15 bits per heavy atom. The van der Waals surface area contributed by atoms with Gasteiger partial charge in [0.2, 0.25) is 0 Å². The highest BCUT2D eigenvalue weighted by molar-refractivity contribution is 5.68. The first-order chi connectivity index (χ1) is 12.6. The highest BCUT2D eigenvalue weighted by Crippen LogP contribution is 2.12. The molecule has 0 aliphatic carbocycles. The predicted molar refractivity (Wildman–Crippen MR) is 102 cm³/mol. The quantitative estimate of drug-likeness (QED) is 0.711. The second-order valence-corrected chi connectivity index (χ2v) is 6.11. The molecular weight excluding hydrogens is 354 g/mol. The van der Waals surface area contributed by atoms with Crippen LogP contribution in [0, 0.1) is 0 Å². The lowest BCUT2D eigenvalue weighted by molar-refractivity contribution is -0.157. The minimum atomic E-state index is -1.02. The Morgan fingerprint density at radius 2 is 1.67 bits per heavy atom. The van der Waals surface area contributed by atoms with Crippen LogP contribution in [0.1, 0.15) is 19.8 Å². The minimum absolute atomic E-state index is 0.0347. The number of hydrogen-bond acceptors (Lipinski definition) is 8. The fourth-order valence-corrected chi connectivity index (χ4v) is 1.51. The number of rotatable bonds is 6. The summed E-state index contributed by atoms with van der Waals surface area (Å²) >= 11 is 0. The molecule has 10 nitrogen and oxygen atoms in total. The van der Waals surface area contributed by atoms with Crippen molar-refractivity contribution < 1.29 is 24.2 Å². The Hall–Kier alpha value is -2.75. The smallest absolute Gasteiger partial charge is 0.413 e. The first-order valence-electron chi connectivity index (χ1n) is 8.45. The Balaban J connectivity index is 0.000000694. The number of anilines is 1. The Morgan fingerprint density at radius 3 is 2.00 bits per heavy atom. The highest BCUT2D eigenvalue weighted by Gasteiger charge is 2.25. The molecule has 0 atom stereocenters. The topological polar surface area (TPSA) is 121 Å². The van der Waals surface area contributed by atoms with E-state index in [0.29, 0.717) is 6.54 Å². The molecule has 154 valence electrons. The van der Waals surface area contributed by atoms with Gasteiger partial charge in [-0.3, -0.25) is 0 Å². The number of amides is 2. The van der Waals surface area contributed by atoms with E-state index in [1.165, 1.54) is 22.1 Å². The molecule has 27 heavy (non-hydrogen) atoms. The highest BCUT2D eigenvalue weighted by atomic mass is 16.7. The summed E-state index contributed by atoms with van der Waals surface area (Å²) in [5, 5.41) is 8.73. The fraction of sp³-hybridized carbons (Fsp3) is 0.588. The van der Waals surface area contributed by atoms with Gasteiger partial charge in [0.25, 0.3) is 0 Å². The number of pyridine rings is 1. The van der Waals surface area contributed by atoms with Gasteiger partial charge in [-0.05, 0) is 25.6 Å². The number of carbonyl (C=O) groups is 2. The van der Waals surface area contributed by atoms with Crippen LogP contribution in [0.3, 0.4) is 0 Å². The number of ether oxygens (including phenoxy) is 2. The van der Waals surface area contributed by atoms with Gasteiger partial charge in [-0.25, -0.2) is 19.5 Å². The zero-order valence-electron chi connectivity index (χ0n) is 16.9. The number of aromatic nitrogens is 1. The largest absolute Gasteiger partial charge is 0.504 e. The first-order valence-corrected chi connectivity index (χ1v) is 8.45. The number of nitrogen functional groups attached to an aromatic ring is 1. The summed E-state index contributed by atoms with van der Waals surface area (Å²) in [7, 11) is 8.02. The molecule has 0 saturated heterocycles. The molecule has 0 saturated carbocycles. The molecule has 3 N–H and O–H groups in total. The van der Waals surface area contributed by atoms with Crippen LogP contribution in [-0.4, -0.2) is 85.2 Å². The molecule has 1 heterocycles. The van der Waals surface area contributed by atoms with E-state index in [4.69, 9.17) is 20.3 Å². The lowest BCUT2D eigenvalue weighted by Gasteiger charge is -2.28. The Labute approximate surface area is 160 Å². The monoisotopic (exact) mass is 385 g/mol. The number of nitrogens with zero attached hydrogens (tertiary/aromatic N) is 4. The van der Waals surface area contributed by atoms with Crippen molar-refractivity contribution in [3.05, 3.63) is 18.3 Å². The van der Waals surface area contributed by atoms with Crippen molar-refractivity contribution in [1.29, 1.82) is 0 Å². The molecular formula is C17H31N5O5. The summed E-state index contributed by atoms with van der Waals surface area (Å²) in [5.41, 5.74) is 5.16. The van der Waals surface area contributed by atoms with E-state index < -0.39 is 18.6 Å². The van der Waals surface area contributed by atoms with Crippen molar-refractivity contribution in [3.63, 3.8) is 0 Å². The van der Waals surface area contributed by atoms with Gasteiger partial charge in [-0.15, -0.1) is 0 Å². The molecule has 0 bridgehead atoms. The molecule has 0 fully saturated rings. The van der Waals surface area contributed by atoms with E-state index in [9.17, 15) is 9.59 Å². The molecule has 0 spiro atoms. The summed E-state index contributed by atoms with van der Waals surface area (Å²) < 4.78 is 10.3. The van der Waals surface area contributed by atoms with Gasteiger partial charge in [0.05, 0.1) is 0 Å². The van der Waals surface area contributed by atoms with Gasteiger partial charge in [0.15, 0.2) is 11.6 Å². The SMILES string of the molecule is CCCCN(C)C(OC(=O)N(C)C)OC(=O)N(C)C.Nc1ncccc1O. The van der Waals surface area contributed by atoms with Crippen LogP contribution < -0.4 is 5.73 Å². The number of carbonyl (C=O) groups excluding carboxylic acids is 2. The summed E-state index contributed by atoms with van der Waals surface area (Å²) in [5.74, 6) is 0.208. The second kappa shape index (κ2) is 12.6. The zero-order chi connectivity index (χ0) is 21.0. The molecule has 1 rings (SSSR count). The normalized spacial score (nSPS) is 10.1. The molecule has 0 radical (unpaired) electrons. The lowest BCUT2D eigenvalue weighted by Crippen LogP contribution is -2.43. The van der Waals surface area contributed by atoms with Crippen molar-refractivity contribution in [2.24, 2.45) is 0 Å². The van der Waals surface area contributed by atoms with Gasteiger partial charge in [0.1, 0.15) is 0 Å². The molecule has 10 heteroatoms. The van der Waals surface area contributed by atoms with Crippen LogP contribution in [0.15, 0.2) is 18.3 Å². The number of aromatic hydroxyl groups is 1. The Bertz CT molecular complexity index is 540. The molecule has 0 unspecified atom stereocenters. The van der Waals surface area contributed by atoms with Crippen molar-refractivity contribution in [2.75, 3.05) is 47.5 Å². The number of hydrogen-bond donors (Lipinski definition) is 2. The summed E-state index contributed by atoms with van der Waals surface area (Å²) in [4.78, 5) is 31.0. The molecule has 0 aromatic carbocycles. The third kappa shape index (κ3) is 10.1. The maximum absolute atomic E-state index is 11.6. The minimum Gasteiger partial charge on any atom is -0.504 e. The van der Waals surface area contributed by atoms with E-state index in [1.54, 1.807) is 46.2 Å². The summed E-state index contributed by atoms with van der Waals surface area (Å²) in [6.45, 7) is 2.73. The average Bonchev–Trinajstić information content (AvgIpc) is 2.61. The fourth-order valence-electron chi connectivity index (χ4n) is 1.51. The van der Waals surface area contributed by atoms with E-state index in [0.717, 1.165) is 12.8 Å². The maximum Gasteiger partial charge on any atom is 0.413 e. The van der Waals surface area contributed by atoms with Crippen LogP contribution in [0.25, 0.3) is 0 Å². The third-order valence-corrected chi connectivity index (χ3v) is 3.17. The van der Waals surface area contributed by atoms with E-state index in [-0.39, 0.29) is 11.6 Å². The lowest BCUT2D eigenvalue weighted by atomic mass is 10.3. The average molecular weight is 385 g/mol. The van der Waals surface area contributed by atoms with Crippen molar-refractivity contribution in [3.8, 4) is 5.75 Å². The molecule has 0 aliphatic rings. The van der Waals surface area contributed by atoms with Gasteiger partial charge < -0.3 is 30.1 Å². The van der Waals surface area contributed by atoms with Crippen LogP contribution in [0.5, 0.6) is 5.75 Å². The maximum atomic E-state index is 11.6. The molecule has 0 aliphatic heterocycles. The van der Waals surface area contributed by atoms with Crippen LogP contribution in [0.2, 0.25) is 0 Å². The number of unbranched alkanes of at least 4 members (excludes halogenated alkanes) is 1. The standard InChI is InChI=1S/C12H25N3O4.C5H6N2O/c1-7-8-9-15(6)12(18-10(16)13(2)3)19-11(17)14(4)5;6-5-4(8)2-1-3-7-5/h12H,7-9H2,1-6H3;1-3,8H,(H2,6,7). The van der Waals surface area contributed by atoms with Gasteiger partial charge in [-0.1, -0.05) is 13.3 Å². The molecule has 1 aromatic rings. The van der Waals surface area contributed by atoms with Crippen LogP contribution >= 0.6 is 0 Å². The van der Waals surface area contributed by atoms with Crippen LogP contribution in [-0.2, 0) is 9.47 Å². The predicted octanol–water partition coefficient (Wildman–Crippen LogP) is 1.77. The molecule has 2 amide bonds. The first kappa shape index (κ1) is 24.2. The van der Waals surface area contributed by atoms with Crippen molar-refractivity contribution in [2.45, 2.75) is 26.2 Å². The zero-order valence-corrected chi connectivity index (χ0v) is 16.9. The molecule has 1 aromatic heterocycles. The van der Waals surface area contributed by atoms with E-state index >= 15 is 0 Å². The second-order valence-electron chi connectivity index (χ2n) is 6.11. The Kier molecular flexibility index (Phi) is 11.3. The van der Waals surface area contributed by atoms with Gasteiger partial charge >= 0.3 is 18.6 Å².